The van der Waals surface area contributed by atoms with Crippen LogP contribution >= 0.6 is 0 Å². The number of amides is 1. The zero-order chi connectivity index (χ0) is 14.8. The molecule has 1 aromatic heterocycles. The van der Waals surface area contributed by atoms with Gasteiger partial charge < -0.3 is 15.3 Å². The fourth-order valence-corrected chi connectivity index (χ4v) is 2.87. The van der Waals surface area contributed by atoms with E-state index < -0.39 is 5.56 Å². The van der Waals surface area contributed by atoms with Gasteiger partial charge in [-0.15, -0.1) is 0 Å². The van der Waals surface area contributed by atoms with Crippen molar-refractivity contribution in [2.45, 2.75) is 31.7 Å². The van der Waals surface area contributed by atoms with Crippen molar-refractivity contribution in [3.63, 3.8) is 0 Å². The highest BCUT2D eigenvalue weighted by Gasteiger charge is 2.29. The summed E-state index contributed by atoms with van der Waals surface area (Å²) in [4.78, 5) is 28.1. The van der Waals surface area contributed by atoms with Crippen LogP contribution in [0.2, 0.25) is 0 Å². The van der Waals surface area contributed by atoms with E-state index >= 15 is 0 Å². The molecule has 1 amide bonds. The number of aromatic amines is 1. The van der Waals surface area contributed by atoms with E-state index in [-0.39, 0.29) is 17.4 Å². The molecule has 1 saturated heterocycles. The average molecular weight is 291 g/mol. The quantitative estimate of drug-likeness (QED) is 0.745. The monoisotopic (exact) mass is 291 g/mol. The van der Waals surface area contributed by atoms with Crippen LogP contribution in [0.15, 0.2) is 16.9 Å². The number of aromatic nitrogens is 1. The standard InChI is InChI=1S/C15H21N3O3/c19-13-6-11(7-14(20)17-13)15(21)18(8-10-3-4-10)9-12-2-1-5-16-12/h6-7,10,12,16H,1-5,8-9H2,(H2,17,19,20). The molecule has 1 atom stereocenters. The summed E-state index contributed by atoms with van der Waals surface area (Å²) < 4.78 is 0. The molecule has 1 unspecified atom stereocenters. The van der Waals surface area contributed by atoms with Crippen LogP contribution < -0.4 is 10.9 Å². The molecule has 21 heavy (non-hydrogen) atoms. The minimum atomic E-state index is -0.455. The third-order valence-corrected chi connectivity index (χ3v) is 4.14. The van der Waals surface area contributed by atoms with E-state index in [1.807, 2.05) is 4.90 Å². The summed E-state index contributed by atoms with van der Waals surface area (Å²) in [6.07, 6.45) is 4.56. The number of carbonyl (C=O) groups excluding carboxylic acids is 1. The second kappa shape index (κ2) is 5.89. The molecule has 1 aliphatic carbocycles. The molecular formula is C15H21N3O3. The van der Waals surface area contributed by atoms with Crippen LogP contribution in [0.4, 0.5) is 0 Å². The van der Waals surface area contributed by atoms with E-state index in [4.69, 9.17) is 0 Å². The number of nitrogens with one attached hydrogen (secondary N) is 2. The first-order valence-corrected chi connectivity index (χ1v) is 7.58. The molecule has 6 heteroatoms. The van der Waals surface area contributed by atoms with E-state index in [0.717, 1.165) is 25.9 Å². The van der Waals surface area contributed by atoms with E-state index in [9.17, 15) is 14.7 Å². The minimum Gasteiger partial charge on any atom is -0.494 e. The summed E-state index contributed by atoms with van der Waals surface area (Å²) in [7, 11) is 0. The maximum absolute atomic E-state index is 12.6. The lowest BCUT2D eigenvalue weighted by Gasteiger charge is -2.26. The largest absolute Gasteiger partial charge is 0.494 e. The van der Waals surface area contributed by atoms with Gasteiger partial charge in [0.05, 0.1) is 5.56 Å². The van der Waals surface area contributed by atoms with Crippen molar-refractivity contribution in [3.05, 3.63) is 28.0 Å². The Morgan fingerprint density at radius 1 is 1.29 bits per heavy atom. The Bertz CT molecular complexity index is 574. The van der Waals surface area contributed by atoms with Gasteiger partial charge in [-0.25, -0.2) is 0 Å². The number of H-pyrrole nitrogens is 1. The Morgan fingerprint density at radius 3 is 2.71 bits per heavy atom. The van der Waals surface area contributed by atoms with Crippen LogP contribution in [0.3, 0.4) is 0 Å². The molecule has 0 bridgehead atoms. The van der Waals surface area contributed by atoms with Crippen LogP contribution in [0.5, 0.6) is 5.88 Å². The number of pyridine rings is 1. The smallest absolute Gasteiger partial charge is 0.254 e. The lowest BCUT2D eigenvalue weighted by Crippen LogP contribution is -2.42. The first kappa shape index (κ1) is 14.1. The van der Waals surface area contributed by atoms with Crippen LogP contribution in [-0.4, -0.2) is 46.6 Å². The maximum Gasteiger partial charge on any atom is 0.254 e. The molecule has 2 aliphatic rings. The van der Waals surface area contributed by atoms with Crippen molar-refractivity contribution in [1.82, 2.24) is 15.2 Å². The lowest BCUT2D eigenvalue weighted by atomic mass is 10.1. The molecule has 114 valence electrons. The van der Waals surface area contributed by atoms with Crippen LogP contribution in [-0.2, 0) is 0 Å². The van der Waals surface area contributed by atoms with E-state index in [1.165, 1.54) is 25.0 Å². The molecule has 6 nitrogen and oxygen atoms in total. The van der Waals surface area contributed by atoms with Gasteiger partial charge in [-0.2, -0.15) is 0 Å². The van der Waals surface area contributed by atoms with Crippen molar-refractivity contribution in [2.24, 2.45) is 5.92 Å². The van der Waals surface area contributed by atoms with Gasteiger partial charge in [-0.1, -0.05) is 0 Å². The summed E-state index contributed by atoms with van der Waals surface area (Å²) in [5.74, 6) is 0.152. The Labute approximate surface area is 123 Å². The van der Waals surface area contributed by atoms with Gasteiger partial charge in [0.15, 0.2) is 5.88 Å². The predicted octanol–water partition coefficient (Wildman–Crippen LogP) is 0.685. The molecule has 1 aliphatic heterocycles. The van der Waals surface area contributed by atoms with E-state index in [0.29, 0.717) is 18.5 Å². The molecule has 1 aromatic rings. The third-order valence-electron chi connectivity index (χ3n) is 4.14. The number of hydrogen-bond acceptors (Lipinski definition) is 4. The second-order valence-corrected chi connectivity index (χ2v) is 6.07. The fourth-order valence-electron chi connectivity index (χ4n) is 2.87. The van der Waals surface area contributed by atoms with Gasteiger partial charge in [0.2, 0.25) is 0 Å². The molecule has 2 heterocycles. The van der Waals surface area contributed by atoms with Gasteiger partial charge in [0.25, 0.3) is 11.5 Å². The van der Waals surface area contributed by atoms with Gasteiger partial charge in [0.1, 0.15) is 0 Å². The Balaban J connectivity index is 1.76. The highest BCUT2D eigenvalue weighted by molar-refractivity contribution is 5.94. The zero-order valence-electron chi connectivity index (χ0n) is 12.0. The van der Waals surface area contributed by atoms with Crippen molar-refractivity contribution >= 4 is 5.91 Å². The van der Waals surface area contributed by atoms with Gasteiger partial charge in [-0.05, 0) is 38.1 Å². The topological polar surface area (TPSA) is 85.4 Å². The zero-order valence-corrected chi connectivity index (χ0v) is 12.0. The van der Waals surface area contributed by atoms with E-state index in [2.05, 4.69) is 10.3 Å². The molecule has 1 saturated carbocycles. The average Bonchev–Trinajstić information content (AvgIpc) is 3.10. The highest BCUT2D eigenvalue weighted by Crippen LogP contribution is 2.30. The number of rotatable bonds is 5. The summed E-state index contributed by atoms with van der Waals surface area (Å²) in [5, 5.41) is 12.9. The lowest BCUT2D eigenvalue weighted by molar-refractivity contribution is 0.0733. The van der Waals surface area contributed by atoms with Gasteiger partial charge in [-0.3, -0.25) is 14.6 Å². The van der Waals surface area contributed by atoms with Crippen molar-refractivity contribution in [3.8, 4) is 5.88 Å². The summed E-state index contributed by atoms with van der Waals surface area (Å²) in [6, 6.07) is 2.92. The Hall–Kier alpha value is -1.82. The molecule has 0 spiro atoms. The van der Waals surface area contributed by atoms with Crippen molar-refractivity contribution in [1.29, 1.82) is 0 Å². The van der Waals surface area contributed by atoms with Crippen LogP contribution in [0.1, 0.15) is 36.0 Å². The molecule has 0 radical (unpaired) electrons. The fraction of sp³-hybridized carbons (Fsp3) is 0.600. The van der Waals surface area contributed by atoms with Crippen molar-refractivity contribution < 1.29 is 9.90 Å². The van der Waals surface area contributed by atoms with Crippen LogP contribution in [0, 0.1) is 5.92 Å². The van der Waals surface area contributed by atoms with Crippen LogP contribution in [0.25, 0.3) is 0 Å². The van der Waals surface area contributed by atoms with E-state index in [1.54, 1.807) is 0 Å². The second-order valence-electron chi connectivity index (χ2n) is 6.07. The molecule has 0 aromatic carbocycles. The predicted molar refractivity (Wildman–Crippen MR) is 78.4 cm³/mol. The Morgan fingerprint density at radius 2 is 2.10 bits per heavy atom. The molecule has 3 rings (SSSR count). The maximum atomic E-state index is 12.6. The minimum absolute atomic E-state index is 0.169. The molecular weight excluding hydrogens is 270 g/mol. The Kier molecular flexibility index (Phi) is 3.96. The SMILES string of the molecule is O=C(c1cc(O)[nH]c(=O)c1)N(CC1CC1)CC1CCCN1. The number of hydrogen-bond donors (Lipinski definition) is 3. The number of nitrogens with zero attached hydrogens (tertiary/aromatic N) is 1. The summed E-state index contributed by atoms with van der Waals surface area (Å²) in [6.45, 7) is 2.41. The molecule has 3 N–H and O–H groups in total. The number of aromatic hydroxyl groups is 1. The molecule has 2 fully saturated rings. The summed E-state index contributed by atoms with van der Waals surface area (Å²) >= 11 is 0. The summed E-state index contributed by atoms with van der Waals surface area (Å²) in [5.41, 5.74) is -0.196. The van der Waals surface area contributed by atoms with Crippen molar-refractivity contribution in [2.75, 3.05) is 19.6 Å². The van der Waals surface area contributed by atoms with Gasteiger partial charge >= 0.3 is 0 Å². The number of carbonyl (C=O) groups is 1. The van der Waals surface area contributed by atoms with Gasteiger partial charge in [0, 0.05) is 31.3 Å². The third kappa shape index (κ3) is 3.64. The normalized spacial score (nSPS) is 21.4. The first-order chi connectivity index (χ1) is 10.1. The highest BCUT2D eigenvalue weighted by atomic mass is 16.3. The first-order valence-electron chi connectivity index (χ1n) is 7.58.